The van der Waals surface area contributed by atoms with E-state index in [1.165, 1.54) is 12.1 Å². The van der Waals surface area contributed by atoms with E-state index in [2.05, 4.69) is 15.5 Å². The first-order chi connectivity index (χ1) is 11.6. The van der Waals surface area contributed by atoms with E-state index in [9.17, 15) is 18.0 Å². The van der Waals surface area contributed by atoms with Crippen LogP contribution in [0.15, 0.2) is 29.4 Å². The third-order valence-corrected chi connectivity index (χ3v) is 4.04. The third kappa shape index (κ3) is 4.53. The molecule has 0 unspecified atom stereocenters. The number of nitrogens with one attached hydrogen (secondary N) is 1. The van der Waals surface area contributed by atoms with E-state index in [1.54, 1.807) is 0 Å². The lowest BCUT2D eigenvalue weighted by Crippen LogP contribution is -2.20. The molecule has 0 saturated carbocycles. The first kappa shape index (κ1) is 19.3. The molecule has 1 aromatic carbocycles. The van der Waals surface area contributed by atoms with Gasteiger partial charge in [-0.25, -0.2) is 10.4 Å². The van der Waals surface area contributed by atoms with Gasteiger partial charge in [-0.15, -0.1) is 0 Å². The highest BCUT2D eigenvalue weighted by Crippen LogP contribution is 2.34. The number of nitrogen functional groups attached to an aromatic ring is 1. The van der Waals surface area contributed by atoms with Crippen molar-refractivity contribution in [3.8, 4) is 0 Å². The maximum Gasteiger partial charge on any atom is 0.416 e. The molecule has 3 N–H and O–H groups in total. The van der Waals surface area contributed by atoms with Crippen molar-refractivity contribution in [3.63, 3.8) is 0 Å². The fraction of sp³-hybridized carbons (Fsp3) is 0.0714. The molecule has 11 heteroatoms. The molecule has 0 aliphatic rings. The number of amides is 1. The zero-order chi connectivity index (χ0) is 18.8. The second kappa shape index (κ2) is 7.47. The number of aromatic nitrogens is 1. The minimum Gasteiger partial charge on any atom is -0.396 e. The quantitative estimate of drug-likeness (QED) is 0.446. The van der Waals surface area contributed by atoms with Gasteiger partial charge in [-0.1, -0.05) is 46.9 Å². The summed E-state index contributed by atoms with van der Waals surface area (Å²) in [5.41, 5.74) is 6.84. The molecule has 0 saturated heterocycles. The number of pyridine rings is 1. The number of hydrogen-bond donors (Lipinski definition) is 2. The van der Waals surface area contributed by atoms with Crippen molar-refractivity contribution < 1.29 is 18.0 Å². The smallest absolute Gasteiger partial charge is 0.396 e. The van der Waals surface area contributed by atoms with E-state index >= 15 is 0 Å². The van der Waals surface area contributed by atoms with Crippen LogP contribution in [0.5, 0.6) is 0 Å². The number of alkyl halides is 3. The van der Waals surface area contributed by atoms with Crippen molar-refractivity contribution in [2.75, 3.05) is 5.73 Å². The molecule has 0 radical (unpaired) electrons. The van der Waals surface area contributed by atoms with Gasteiger partial charge in [-0.2, -0.15) is 18.3 Å². The molecule has 0 atom stereocenters. The van der Waals surface area contributed by atoms with Gasteiger partial charge in [0, 0.05) is 0 Å². The molecular formula is C14H8Cl3F3N4O. The Bertz CT molecular complexity index is 839. The van der Waals surface area contributed by atoms with Gasteiger partial charge in [0.05, 0.1) is 22.5 Å². The SMILES string of the molecule is Nc1c(Cl)c(Cl)nc(C(=O)N/N=C/c2ccc(C(F)(F)F)cc2)c1Cl. The lowest BCUT2D eigenvalue weighted by Gasteiger charge is -2.07. The average Bonchev–Trinajstić information content (AvgIpc) is 2.55. The van der Waals surface area contributed by atoms with Crippen molar-refractivity contribution in [2.45, 2.75) is 6.18 Å². The van der Waals surface area contributed by atoms with Gasteiger partial charge in [0.1, 0.15) is 5.02 Å². The fourth-order valence-corrected chi connectivity index (χ4v) is 2.25. The highest BCUT2D eigenvalue weighted by molar-refractivity contribution is 6.46. The highest BCUT2D eigenvalue weighted by atomic mass is 35.5. The Hall–Kier alpha value is -2.03. The van der Waals surface area contributed by atoms with E-state index in [-0.39, 0.29) is 26.6 Å². The van der Waals surface area contributed by atoms with Crippen molar-refractivity contribution >= 4 is 52.6 Å². The summed E-state index contributed by atoms with van der Waals surface area (Å²) in [4.78, 5) is 15.7. The number of carbonyl (C=O) groups excluding carboxylic acids is 1. The summed E-state index contributed by atoms with van der Waals surface area (Å²) in [6.07, 6.45) is -3.28. The maximum absolute atomic E-state index is 12.5. The topological polar surface area (TPSA) is 80.4 Å². The lowest BCUT2D eigenvalue weighted by molar-refractivity contribution is -0.137. The largest absolute Gasteiger partial charge is 0.416 e. The zero-order valence-corrected chi connectivity index (χ0v) is 14.3. The normalized spacial score (nSPS) is 11.8. The first-order valence-electron chi connectivity index (χ1n) is 6.42. The van der Waals surface area contributed by atoms with Crippen LogP contribution in [0.25, 0.3) is 0 Å². The number of hydrogen-bond acceptors (Lipinski definition) is 4. The molecule has 132 valence electrons. The number of nitrogens with two attached hydrogens (primary N) is 1. The van der Waals surface area contributed by atoms with Crippen LogP contribution >= 0.6 is 34.8 Å². The minimum atomic E-state index is -4.43. The molecule has 0 aliphatic heterocycles. The Balaban J connectivity index is 2.11. The number of rotatable bonds is 3. The van der Waals surface area contributed by atoms with Crippen molar-refractivity contribution in [3.05, 3.63) is 56.3 Å². The van der Waals surface area contributed by atoms with Crippen LogP contribution in [-0.2, 0) is 6.18 Å². The van der Waals surface area contributed by atoms with Gasteiger partial charge in [-0.05, 0) is 17.7 Å². The Morgan fingerprint density at radius 2 is 1.76 bits per heavy atom. The Labute approximate surface area is 154 Å². The number of benzene rings is 1. The zero-order valence-electron chi connectivity index (χ0n) is 12.0. The summed E-state index contributed by atoms with van der Waals surface area (Å²) in [6, 6.07) is 4.17. The van der Waals surface area contributed by atoms with Gasteiger partial charge < -0.3 is 5.73 Å². The Kier molecular flexibility index (Phi) is 5.76. The number of hydrazone groups is 1. The number of carbonyl (C=O) groups is 1. The van der Waals surface area contributed by atoms with Crippen molar-refractivity contribution in [1.29, 1.82) is 0 Å². The van der Waals surface area contributed by atoms with Crippen molar-refractivity contribution in [1.82, 2.24) is 10.4 Å². The van der Waals surface area contributed by atoms with Gasteiger partial charge in [0.2, 0.25) is 0 Å². The summed E-state index contributed by atoms with van der Waals surface area (Å²) in [6.45, 7) is 0. The van der Waals surface area contributed by atoms with Crippen LogP contribution in [0.1, 0.15) is 21.6 Å². The van der Waals surface area contributed by atoms with E-state index in [0.717, 1.165) is 18.3 Å². The molecule has 0 fully saturated rings. The fourth-order valence-electron chi connectivity index (χ4n) is 1.66. The number of anilines is 1. The Morgan fingerprint density at radius 1 is 1.16 bits per heavy atom. The molecule has 25 heavy (non-hydrogen) atoms. The Morgan fingerprint density at radius 3 is 2.32 bits per heavy atom. The molecule has 1 aromatic heterocycles. The predicted molar refractivity (Wildman–Crippen MR) is 90.2 cm³/mol. The van der Waals surface area contributed by atoms with Crippen LogP contribution in [0.3, 0.4) is 0 Å². The molecule has 0 aliphatic carbocycles. The van der Waals surface area contributed by atoms with E-state index in [1.807, 2.05) is 0 Å². The summed E-state index contributed by atoms with van der Waals surface area (Å²) in [7, 11) is 0. The van der Waals surface area contributed by atoms with E-state index in [0.29, 0.717) is 5.56 Å². The van der Waals surface area contributed by atoms with Crippen molar-refractivity contribution in [2.24, 2.45) is 5.10 Å². The predicted octanol–water partition coefficient (Wildman–Crippen LogP) is 4.41. The molecule has 2 aromatic rings. The number of nitrogens with zero attached hydrogens (tertiary/aromatic N) is 2. The standard InChI is InChI=1S/C14H8Cl3F3N4O/c15-8-10(21)9(16)12(17)23-11(8)13(25)24-22-5-6-1-3-7(4-2-6)14(18,19)20/h1-5H,(H2,21,23)(H,24,25)/b22-5+. The molecule has 2 rings (SSSR count). The van der Waals surface area contributed by atoms with Crippen LogP contribution < -0.4 is 11.2 Å². The van der Waals surface area contributed by atoms with Gasteiger partial charge in [-0.3, -0.25) is 4.79 Å². The maximum atomic E-state index is 12.5. The summed E-state index contributed by atoms with van der Waals surface area (Å²) < 4.78 is 37.4. The van der Waals surface area contributed by atoms with Gasteiger partial charge in [0.25, 0.3) is 5.91 Å². The lowest BCUT2D eigenvalue weighted by atomic mass is 10.1. The van der Waals surface area contributed by atoms with Crippen LogP contribution in [-0.4, -0.2) is 17.1 Å². The summed E-state index contributed by atoms with van der Waals surface area (Å²) in [5.74, 6) is -0.821. The average molecular weight is 412 g/mol. The summed E-state index contributed by atoms with van der Waals surface area (Å²) >= 11 is 17.3. The second-order valence-electron chi connectivity index (χ2n) is 4.61. The summed E-state index contributed by atoms with van der Waals surface area (Å²) in [5, 5.41) is 3.12. The molecule has 0 bridgehead atoms. The minimum absolute atomic E-state index is 0.0866. The number of halogens is 6. The monoisotopic (exact) mass is 410 g/mol. The van der Waals surface area contributed by atoms with Gasteiger partial charge >= 0.3 is 6.18 Å². The molecular weight excluding hydrogens is 404 g/mol. The molecule has 1 heterocycles. The van der Waals surface area contributed by atoms with E-state index in [4.69, 9.17) is 40.5 Å². The van der Waals surface area contributed by atoms with Gasteiger partial charge in [0.15, 0.2) is 10.8 Å². The second-order valence-corrected chi connectivity index (χ2v) is 5.73. The molecule has 5 nitrogen and oxygen atoms in total. The van der Waals surface area contributed by atoms with Crippen LogP contribution in [0.2, 0.25) is 15.2 Å². The van der Waals surface area contributed by atoms with Crippen LogP contribution in [0.4, 0.5) is 18.9 Å². The molecule has 1 amide bonds. The molecule has 0 spiro atoms. The van der Waals surface area contributed by atoms with E-state index < -0.39 is 17.6 Å². The first-order valence-corrected chi connectivity index (χ1v) is 7.55. The third-order valence-electron chi connectivity index (χ3n) is 2.90. The highest BCUT2D eigenvalue weighted by Gasteiger charge is 2.29. The van der Waals surface area contributed by atoms with Crippen LogP contribution in [0, 0.1) is 0 Å².